The van der Waals surface area contributed by atoms with Crippen LogP contribution in [0.4, 0.5) is 10.5 Å². The molecule has 2 aliphatic heterocycles. The zero-order valence-electron chi connectivity index (χ0n) is 10.9. The number of carbonyl (C=O) groups is 1. The lowest BCUT2D eigenvalue weighted by Gasteiger charge is -2.33. The van der Waals surface area contributed by atoms with Crippen molar-refractivity contribution in [3.63, 3.8) is 0 Å². The number of carbonyl (C=O) groups excluding carboxylic acids is 1. The first-order chi connectivity index (χ1) is 8.75. The molecule has 2 heterocycles. The smallest absolute Gasteiger partial charge is 0.324 e. The molecule has 18 heavy (non-hydrogen) atoms. The van der Waals surface area contributed by atoms with E-state index in [9.17, 15) is 4.79 Å². The summed E-state index contributed by atoms with van der Waals surface area (Å²) in [6.45, 7) is 4.94. The fourth-order valence-electron chi connectivity index (χ4n) is 2.91. The van der Waals surface area contributed by atoms with E-state index in [-0.39, 0.29) is 6.03 Å². The van der Waals surface area contributed by atoms with Gasteiger partial charge in [0.2, 0.25) is 0 Å². The third kappa shape index (κ3) is 1.98. The minimum Gasteiger partial charge on any atom is -0.324 e. The minimum atomic E-state index is 0.201. The van der Waals surface area contributed by atoms with Gasteiger partial charge in [-0.25, -0.2) is 4.79 Å². The predicted molar refractivity (Wildman–Crippen MR) is 72.9 cm³/mol. The molecule has 0 unspecified atom stereocenters. The Morgan fingerprint density at radius 1 is 1.17 bits per heavy atom. The van der Waals surface area contributed by atoms with Crippen LogP contribution in [0.3, 0.4) is 0 Å². The SMILES string of the molecule is CC1CCN(C(=O)N2CCc3ccccc32)CC1. The van der Waals surface area contributed by atoms with Crippen LogP contribution in [-0.4, -0.2) is 30.6 Å². The van der Waals surface area contributed by atoms with Crippen LogP contribution in [0.5, 0.6) is 0 Å². The van der Waals surface area contributed by atoms with Crippen LogP contribution >= 0.6 is 0 Å². The number of hydrogen-bond acceptors (Lipinski definition) is 1. The van der Waals surface area contributed by atoms with Crippen molar-refractivity contribution in [3.05, 3.63) is 29.8 Å². The Morgan fingerprint density at radius 3 is 2.67 bits per heavy atom. The second-order valence-electron chi connectivity index (χ2n) is 5.48. The van der Waals surface area contributed by atoms with Crippen molar-refractivity contribution in [2.24, 2.45) is 5.92 Å². The Bertz CT molecular complexity index is 450. The van der Waals surface area contributed by atoms with Gasteiger partial charge in [0.05, 0.1) is 0 Å². The van der Waals surface area contributed by atoms with Crippen molar-refractivity contribution in [2.75, 3.05) is 24.5 Å². The number of benzene rings is 1. The monoisotopic (exact) mass is 244 g/mol. The Kier molecular flexibility index (Phi) is 2.98. The van der Waals surface area contributed by atoms with Crippen molar-refractivity contribution < 1.29 is 4.79 Å². The zero-order chi connectivity index (χ0) is 12.5. The summed E-state index contributed by atoms with van der Waals surface area (Å²) in [6, 6.07) is 8.46. The number of nitrogens with zero attached hydrogens (tertiary/aromatic N) is 2. The summed E-state index contributed by atoms with van der Waals surface area (Å²) in [5, 5.41) is 0. The third-order valence-corrected chi connectivity index (χ3v) is 4.17. The standard InChI is InChI=1S/C15H20N2O/c1-12-6-9-16(10-7-12)15(18)17-11-8-13-4-2-3-5-14(13)17/h2-5,12H,6-11H2,1H3. The molecule has 0 saturated carbocycles. The number of amides is 2. The van der Waals surface area contributed by atoms with Crippen LogP contribution in [0, 0.1) is 5.92 Å². The summed E-state index contributed by atoms with van der Waals surface area (Å²) in [7, 11) is 0. The van der Waals surface area contributed by atoms with E-state index in [1.54, 1.807) is 0 Å². The molecule has 2 amide bonds. The van der Waals surface area contributed by atoms with Gasteiger partial charge in [0.1, 0.15) is 0 Å². The Hall–Kier alpha value is -1.51. The average molecular weight is 244 g/mol. The maximum absolute atomic E-state index is 12.5. The van der Waals surface area contributed by atoms with Gasteiger partial charge >= 0.3 is 6.03 Å². The molecule has 0 atom stereocenters. The molecule has 2 aliphatic rings. The zero-order valence-corrected chi connectivity index (χ0v) is 10.9. The van der Waals surface area contributed by atoms with E-state index < -0.39 is 0 Å². The minimum absolute atomic E-state index is 0.201. The van der Waals surface area contributed by atoms with Gasteiger partial charge in [0, 0.05) is 25.3 Å². The molecule has 0 aliphatic carbocycles. The van der Waals surface area contributed by atoms with Gasteiger partial charge in [-0.3, -0.25) is 4.90 Å². The Labute approximate surface area is 108 Å². The van der Waals surface area contributed by atoms with Gasteiger partial charge in [-0.15, -0.1) is 0 Å². The van der Waals surface area contributed by atoms with Crippen molar-refractivity contribution in [1.29, 1.82) is 0 Å². The number of piperidine rings is 1. The van der Waals surface area contributed by atoms with Crippen LogP contribution in [-0.2, 0) is 6.42 Å². The topological polar surface area (TPSA) is 23.6 Å². The number of hydrogen-bond donors (Lipinski definition) is 0. The molecular weight excluding hydrogens is 224 g/mol. The van der Waals surface area contributed by atoms with Crippen LogP contribution in [0.1, 0.15) is 25.3 Å². The third-order valence-electron chi connectivity index (χ3n) is 4.17. The first-order valence-electron chi connectivity index (χ1n) is 6.90. The van der Waals surface area contributed by atoms with Gasteiger partial charge in [0.25, 0.3) is 0 Å². The summed E-state index contributed by atoms with van der Waals surface area (Å²) in [5.41, 5.74) is 2.41. The molecule has 3 nitrogen and oxygen atoms in total. The van der Waals surface area contributed by atoms with Crippen LogP contribution in [0.15, 0.2) is 24.3 Å². The van der Waals surface area contributed by atoms with E-state index in [4.69, 9.17) is 0 Å². The number of para-hydroxylation sites is 1. The molecule has 96 valence electrons. The molecule has 0 bridgehead atoms. The van der Waals surface area contributed by atoms with Gasteiger partial charge < -0.3 is 4.90 Å². The summed E-state index contributed by atoms with van der Waals surface area (Å²) in [5.74, 6) is 0.764. The largest absolute Gasteiger partial charge is 0.324 e. The van der Waals surface area contributed by atoms with Crippen molar-refractivity contribution in [2.45, 2.75) is 26.2 Å². The molecule has 1 aromatic carbocycles. The highest BCUT2D eigenvalue weighted by Crippen LogP contribution is 2.29. The Morgan fingerprint density at radius 2 is 1.89 bits per heavy atom. The number of fused-ring (bicyclic) bond motifs is 1. The van der Waals surface area contributed by atoms with E-state index in [2.05, 4.69) is 25.1 Å². The van der Waals surface area contributed by atoms with Crippen molar-refractivity contribution in [3.8, 4) is 0 Å². The highest BCUT2D eigenvalue weighted by Gasteiger charge is 2.29. The van der Waals surface area contributed by atoms with Crippen LogP contribution in [0.2, 0.25) is 0 Å². The van der Waals surface area contributed by atoms with Gasteiger partial charge in [0.15, 0.2) is 0 Å². The van der Waals surface area contributed by atoms with Gasteiger partial charge in [-0.1, -0.05) is 25.1 Å². The average Bonchev–Trinajstić information content (AvgIpc) is 2.82. The molecule has 0 aromatic heterocycles. The van der Waals surface area contributed by atoms with E-state index in [1.165, 1.54) is 5.56 Å². The second kappa shape index (κ2) is 4.63. The highest BCUT2D eigenvalue weighted by molar-refractivity contribution is 5.94. The summed E-state index contributed by atoms with van der Waals surface area (Å²) >= 11 is 0. The molecule has 1 fully saturated rings. The van der Waals surface area contributed by atoms with E-state index >= 15 is 0 Å². The number of likely N-dealkylation sites (tertiary alicyclic amines) is 1. The summed E-state index contributed by atoms with van der Waals surface area (Å²) in [4.78, 5) is 16.5. The molecule has 1 aromatic rings. The first kappa shape index (κ1) is 11.6. The second-order valence-corrected chi connectivity index (χ2v) is 5.48. The number of anilines is 1. The maximum atomic E-state index is 12.5. The molecule has 0 spiro atoms. The molecular formula is C15H20N2O. The molecule has 0 radical (unpaired) electrons. The molecule has 3 rings (SSSR count). The first-order valence-corrected chi connectivity index (χ1v) is 6.90. The lowest BCUT2D eigenvalue weighted by molar-refractivity contribution is 0.180. The van der Waals surface area contributed by atoms with Crippen LogP contribution in [0.25, 0.3) is 0 Å². The normalized spacial score (nSPS) is 20.1. The lowest BCUT2D eigenvalue weighted by Crippen LogP contribution is -2.46. The Balaban J connectivity index is 1.74. The van der Waals surface area contributed by atoms with Crippen molar-refractivity contribution in [1.82, 2.24) is 4.90 Å². The fraction of sp³-hybridized carbons (Fsp3) is 0.533. The maximum Gasteiger partial charge on any atom is 0.324 e. The highest BCUT2D eigenvalue weighted by atomic mass is 16.2. The van der Waals surface area contributed by atoms with E-state index in [1.807, 2.05) is 15.9 Å². The molecule has 3 heteroatoms. The van der Waals surface area contributed by atoms with E-state index in [0.29, 0.717) is 0 Å². The van der Waals surface area contributed by atoms with E-state index in [0.717, 1.165) is 50.5 Å². The fourth-order valence-corrected chi connectivity index (χ4v) is 2.91. The van der Waals surface area contributed by atoms with Crippen LogP contribution < -0.4 is 4.90 Å². The molecule has 0 N–H and O–H groups in total. The van der Waals surface area contributed by atoms with Crippen molar-refractivity contribution >= 4 is 11.7 Å². The number of rotatable bonds is 0. The van der Waals surface area contributed by atoms with Gasteiger partial charge in [-0.05, 0) is 36.8 Å². The summed E-state index contributed by atoms with van der Waals surface area (Å²) in [6.07, 6.45) is 3.27. The lowest BCUT2D eigenvalue weighted by atomic mass is 10.00. The molecule has 1 saturated heterocycles. The van der Waals surface area contributed by atoms with Gasteiger partial charge in [-0.2, -0.15) is 0 Å². The summed E-state index contributed by atoms with van der Waals surface area (Å²) < 4.78 is 0. The number of urea groups is 1. The predicted octanol–water partition coefficient (Wildman–Crippen LogP) is 2.90. The quantitative estimate of drug-likeness (QED) is 0.688.